The monoisotopic (exact) mass is 505 g/mol. The zero-order valence-corrected chi connectivity index (χ0v) is 20.3. The van der Waals surface area contributed by atoms with Crippen molar-refractivity contribution in [3.05, 3.63) is 47.4 Å². The lowest BCUT2D eigenvalue weighted by molar-refractivity contribution is -0.0494. The summed E-state index contributed by atoms with van der Waals surface area (Å²) >= 11 is 6.30. The number of aromatic nitrogens is 4. The summed E-state index contributed by atoms with van der Waals surface area (Å²) in [7, 11) is 1.98. The molecule has 1 aliphatic heterocycles. The minimum atomic E-state index is -3.08. The third kappa shape index (κ3) is 5.85. The Hall–Kier alpha value is -3.31. The first-order valence-electron chi connectivity index (χ1n) is 11.1. The van der Waals surface area contributed by atoms with Crippen LogP contribution in [0.5, 0.6) is 5.75 Å². The number of nitrogens with one attached hydrogen (secondary N) is 1. The highest BCUT2D eigenvalue weighted by Gasteiger charge is 2.22. The van der Waals surface area contributed by atoms with Crippen molar-refractivity contribution in [1.29, 1.82) is 0 Å². The van der Waals surface area contributed by atoms with E-state index in [-0.39, 0.29) is 34.9 Å². The summed E-state index contributed by atoms with van der Waals surface area (Å²) in [6, 6.07) is 4.52. The van der Waals surface area contributed by atoms with E-state index in [9.17, 15) is 13.6 Å². The molecule has 1 fully saturated rings. The van der Waals surface area contributed by atoms with E-state index in [1.54, 1.807) is 21.8 Å². The van der Waals surface area contributed by atoms with Crippen molar-refractivity contribution in [3.8, 4) is 17.0 Å². The molecule has 0 saturated carbocycles. The van der Waals surface area contributed by atoms with Crippen LogP contribution in [-0.4, -0.2) is 75.3 Å². The SMILES string of the molecule is CC(C)n1cc(-c2nc(Nc3ccc(C(=O)N4CCN(C)CC4)cc3OC(F)F)ncc2Cl)cn1. The molecule has 1 aliphatic rings. The number of alkyl halides is 2. The van der Waals surface area contributed by atoms with Gasteiger partial charge in [-0.1, -0.05) is 11.6 Å². The number of piperazine rings is 1. The number of amides is 1. The molecule has 0 bridgehead atoms. The van der Waals surface area contributed by atoms with Crippen LogP contribution in [0.1, 0.15) is 30.2 Å². The molecule has 0 unspecified atom stereocenters. The van der Waals surface area contributed by atoms with Gasteiger partial charge in [0, 0.05) is 49.5 Å². The van der Waals surface area contributed by atoms with Crippen molar-refractivity contribution in [3.63, 3.8) is 0 Å². The second kappa shape index (κ2) is 10.5. The predicted octanol–water partition coefficient (Wildman–Crippen LogP) is 4.31. The number of likely N-dealkylation sites (N-methyl/N-ethyl adjacent to an activating group) is 1. The summed E-state index contributed by atoms with van der Waals surface area (Å²) in [6.07, 6.45) is 4.87. The number of rotatable bonds is 7. The molecule has 4 rings (SSSR count). The maximum atomic E-state index is 13.2. The standard InChI is InChI=1S/C23H26ClF2N7O2/c1-14(2)33-13-16(11-28-33)20-17(24)12-27-23(30-20)29-18-5-4-15(10-19(18)35-22(25)26)21(34)32-8-6-31(3)7-9-32/h4-5,10-14,22H,6-9H2,1-3H3,(H,27,29,30). The van der Waals surface area contributed by atoms with Crippen LogP contribution in [0, 0.1) is 0 Å². The largest absolute Gasteiger partial charge is 0.433 e. The van der Waals surface area contributed by atoms with Gasteiger partial charge < -0.3 is 19.9 Å². The lowest BCUT2D eigenvalue weighted by Gasteiger charge is -2.32. The molecule has 3 aromatic rings. The number of ether oxygens (including phenoxy) is 1. The molecule has 9 nitrogen and oxygen atoms in total. The van der Waals surface area contributed by atoms with Crippen LogP contribution in [-0.2, 0) is 0 Å². The highest BCUT2D eigenvalue weighted by atomic mass is 35.5. The van der Waals surface area contributed by atoms with Crippen molar-refractivity contribution in [2.75, 3.05) is 38.5 Å². The zero-order chi connectivity index (χ0) is 25.1. The van der Waals surface area contributed by atoms with Crippen molar-refractivity contribution >= 4 is 29.1 Å². The molecular formula is C23H26ClF2N7O2. The molecule has 1 saturated heterocycles. The number of anilines is 2. The van der Waals surface area contributed by atoms with Crippen LogP contribution in [0.2, 0.25) is 5.02 Å². The van der Waals surface area contributed by atoms with Crippen LogP contribution in [0.25, 0.3) is 11.3 Å². The van der Waals surface area contributed by atoms with Crippen molar-refractivity contribution in [2.24, 2.45) is 0 Å². The normalized spacial score (nSPS) is 14.6. The van der Waals surface area contributed by atoms with Crippen molar-refractivity contribution < 1.29 is 18.3 Å². The Labute approximate surface area is 206 Å². The smallest absolute Gasteiger partial charge is 0.387 e. The summed E-state index contributed by atoms with van der Waals surface area (Å²) in [4.78, 5) is 25.3. The summed E-state index contributed by atoms with van der Waals surface area (Å²) in [5.74, 6) is -0.303. The second-order valence-electron chi connectivity index (χ2n) is 8.50. The van der Waals surface area contributed by atoms with Crippen LogP contribution in [0.3, 0.4) is 0 Å². The highest BCUT2D eigenvalue weighted by molar-refractivity contribution is 6.32. The minimum Gasteiger partial charge on any atom is -0.433 e. The predicted molar refractivity (Wildman–Crippen MR) is 128 cm³/mol. The third-order valence-corrected chi connectivity index (χ3v) is 5.91. The van der Waals surface area contributed by atoms with E-state index in [0.717, 1.165) is 13.1 Å². The second-order valence-corrected chi connectivity index (χ2v) is 8.91. The van der Waals surface area contributed by atoms with E-state index in [2.05, 4.69) is 25.3 Å². The number of hydrogen-bond acceptors (Lipinski definition) is 7. The van der Waals surface area contributed by atoms with Gasteiger partial charge in [0.1, 0.15) is 5.75 Å². The molecule has 1 amide bonds. The van der Waals surface area contributed by atoms with Gasteiger partial charge in [-0.3, -0.25) is 9.48 Å². The van der Waals surface area contributed by atoms with E-state index in [0.29, 0.717) is 29.4 Å². The fourth-order valence-electron chi connectivity index (χ4n) is 3.64. The molecule has 1 aromatic carbocycles. The quantitative estimate of drug-likeness (QED) is 0.512. The molecule has 0 aliphatic carbocycles. The number of halogens is 3. The van der Waals surface area contributed by atoms with Gasteiger partial charge >= 0.3 is 6.61 Å². The lowest BCUT2D eigenvalue weighted by atomic mass is 10.1. The first kappa shape index (κ1) is 24.8. The Kier molecular flexibility index (Phi) is 7.46. The zero-order valence-electron chi connectivity index (χ0n) is 19.6. The molecule has 186 valence electrons. The molecule has 0 spiro atoms. The number of nitrogens with zero attached hydrogens (tertiary/aromatic N) is 6. The number of carbonyl (C=O) groups excluding carboxylic acids is 1. The van der Waals surface area contributed by atoms with Gasteiger partial charge in [0.15, 0.2) is 0 Å². The van der Waals surface area contributed by atoms with Gasteiger partial charge in [0.2, 0.25) is 5.95 Å². The summed E-state index contributed by atoms with van der Waals surface area (Å²) < 4.78 is 32.8. The van der Waals surface area contributed by atoms with Crippen LogP contribution in [0.4, 0.5) is 20.4 Å². The molecule has 0 atom stereocenters. The average molecular weight is 506 g/mol. The van der Waals surface area contributed by atoms with E-state index in [1.165, 1.54) is 18.3 Å². The van der Waals surface area contributed by atoms with Crippen LogP contribution in [0.15, 0.2) is 36.8 Å². The summed E-state index contributed by atoms with van der Waals surface area (Å²) in [5.41, 5.74) is 1.57. The molecular weight excluding hydrogens is 480 g/mol. The fraction of sp³-hybridized carbons (Fsp3) is 0.391. The number of benzene rings is 1. The van der Waals surface area contributed by atoms with Gasteiger partial charge in [-0.25, -0.2) is 9.97 Å². The number of carbonyl (C=O) groups is 1. The van der Waals surface area contributed by atoms with Gasteiger partial charge in [-0.2, -0.15) is 13.9 Å². The summed E-state index contributed by atoms with van der Waals surface area (Å²) in [5, 5.41) is 7.51. The molecule has 12 heteroatoms. The van der Waals surface area contributed by atoms with E-state index in [4.69, 9.17) is 16.3 Å². The molecule has 1 N–H and O–H groups in total. The Balaban J connectivity index is 1.60. The first-order valence-corrected chi connectivity index (χ1v) is 11.5. The first-order chi connectivity index (χ1) is 16.7. The van der Waals surface area contributed by atoms with Crippen LogP contribution < -0.4 is 10.1 Å². The van der Waals surface area contributed by atoms with Gasteiger partial charge in [-0.05, 0) is 39.1 Å². The van der Waals surface area contributed by atoms with Crippen molar-refractivity contribution in [1.82, 2.24) is 29.5 Å². The van der Waals surface area contributed by atoms with Crippen LogP contribution >= 0.6 is 11.6 Å². The van der Waals surface area contributed by atoms with E-state index in [1.807, 2.05) is 27.1 Å². The van der Waals surface area contributed by atoms with Gasteiger partial charge in [-0.15, -0.1) is 0 Å². The maximum Gasteiger partial charge on any atom is 0.387 e. The van der Waals surface area contributed by atoms with Gasteiger partial charge in [0.25, 0.3) is 5.91 Å². The van der Waals surface area contributed by atoms with E-state index < -0.39 is 6.61 Å². The highest BCUT2D eigenvalue weighted by Crippen LogP contribution is 2.32. The minimum absolute atomic E-state index is 0.124. The lowest BCUT2D eigenvalue weighted by Crippen LogP contribution is -2.47. The molecule has 0 radical (unpaired) electrons. The topological polar surface area (TPSA) is 88.4 Å². The average Bonchev–Trinajstić information content (AvgIpc) is 3.31. The Morgan fingerprint density at radius 2 is 1.91 bits per heavy atom. The Morgan fingerprint density at radius 3 is 2.57 bits per heavy atom. The maximum absolute atomic E-state index is 13.2. The summed E-state index contributed by atoms with van der Waals surface area (Å²) in [6.45, 7) is 3.54. The van der Waals surface area contributed by atoms with Gasteiger partial charge in [0.05, 0.1) is 28.8 Å². The third-order valence-electron chi connectivity index (χ3n) is 5.63. The number of hydrogen-bond donors (Lipinski definition) is 1. The molecule has 3 heterocycles. The molecule has 35 heavy (non-hydrogen) atoms. The van der Waals surface area contributed by atoms with E-state index >= 15 is 0 Å². The Morgan fingerprint density at radius 1 is 1.17 bits per heavy atom. The van der Waals surface area contributed by atoms with Crippen molar-refractivity contribution in [2.45, 2.75) is 26.5 Å². The fourth-order valence-corrected chi connectivity index (χ4v) is 3.84. The molecule has 2 aromatic heterocycles. The Bertz CT molecular complexity index is 1200.